The Morgan fingerprint density at radius 2 is 0.537 bits per heavy atom. The van der Waals surface area contributed by atoms with Crippen LogP contribution >= 0.6 is 0 Å². The number of carbonyl (C=O) groups excluding carboxylic acids is 5. The summed E-state index contributed by atoms with van der Waals surface area (Å²) in [7, 11) is 0. The number of ether oxygens (including phenoxy) is 1. The van der Waals surface area contributed by atoms with Gasteiger partial charge >= 0.3 is 30.9 Å². The van der Waals surface area contributed by atoms with E-state index in [-0.39, 0.29) is 112 Å². The predicted molar refractivity (Wildman–Crippen MR) is 524 cm³/mol. The van der Waals surface area contributed by atoms with Crippen molar-refractivity contribution in [3.8, 4) is 0 Å². The second-order valence-electron chi connectivity index (χ2n) is 42.8. The maximum Gasteiger partial charge on any atom is 0.421 e. The van der Waals surface area contributed by atoms with Crippen molar-refractivity contribution in [2.75, 3.05) is 45.9 Å². The third-order valence-electron chi connectivity index (χ3n) is 32.2. The largest absolute Gasteiger partial charge is 0.421 e. The van der Waals surface area contributed by atoms with E-state index >= 15 is 0 Å². The van der Waals surface area contributed by atoms with Crippen molar-refractivity contribution in [2.45, 2.75) is 378 Å². The maximum absolute atomic E-state index is 13.4. The van der Waals surface area contributed by atoms with Crippen molar-refractivity contribution < 1.29 is 120 Å². The number of aromatic nitrogens is 2. The molecule has 147 heavy (non-hydrogen) atoms. The van der Waals surface area contributed by atoms with Crippen LogP contribution in [0.4, 0.5) is 65.9 Å². The van der Waals surface area contributed by atoms with Crippen LogP contribution in [0.3, 0.4) is 0 Å². The lowest BCUT2D eigenvalue weighted by Crippen LogP contribution is -2.49. The molecular weight excluding hydrogens is 1930 g/mol. The molecule has 2 saturated heterocycles. The van der Waals surface area contributed by atoms with Crippen LogP contribution in [0.5, 0.6) is 0 Å². The second kappa shape index (κ2) is 47.1. The van der Waals surface area contributed by atoms with Gasteiger partial charge in [0.05, 0.1) is 13.2 Å². The molecule has 2 aromatic heterocycles. The number of alkyl halides is 15. The molecule has 9 atom stereocenters. The van der Waals surface area contributed by atoms with Crippen LogP contribution in [-0.2, 0) is 32.7 Å². The summed E-state index contributed by atoms with van der Waals surface area (Å²) in [6.07, 6.45) is 11.2. The summed E-state index contributed by atoms with van der Waals surface area (Å²) >= 11 is 0. The molecule has 11 fully saturated rings. The first kappa shape index (κ1) is 113. The van der Waals surface area contributed by atoms with E-state index in [0.29, 0.717) is 65.2 Å². The third kappa shape index (κ3) is 27.3. The Hall–Kier alpha value is -9.62. The zero-order valence-corrected chi connectivity index (χ0v) is 84.4. The summed E-state index contributed by atoms with van der Waals surface area (Å²) in [5, 5.41) is 49.2. The van der Waals surface area contributed by atoms with Crippen molar-refractivity contribution in [3.63, 3.8) is 0 Å². The lowest BCUT2D eigenvalue weighted by Gasteiger charge is -2.42. The minimum Gasteiger partial charge on any atom is -0.379 e. The van der Waals surface area contributed by atoms with E-state index in [4.69, 9.17) is 4.74 Å². The maximum atomic E-state index is 13.4. The average molecular weight is 2070 g/mol. The van der Waals surface area contributed by atoms with E-state index in [2.05, 4.69) is 19.8 Å². The molecule has 18 rings (SSSR count). The number of aliphatic hydroxyl groups is 5. The Bertz CT molecular complexity index is 5280. The van der Waals surface area contributed by atoms with Crippen molar-refractivity contribution in [1.29, 1.82) is 0 Å². The number of carbonyl (C=O) groups is 5. The minimum atomic E-state index is -4.79. The SMILES string of the molecule is CCN(C(=O)c1ccc([C@@](C)(O)C(F)(F)F)cc1)C1CCCCC1.C[C@](O)(c1ccc(C(=O)N(C2CC2)[C@@H]2CCC[C@@H](c3ccccn3)C2)cc1)C(F)(F)F.C[C@](O)(c1ccc(C(=O)N(C2CC2)[C@H]2CCC[C@H](c3ccccn3)C2)cc1)C(F)(F)F.C[C@](O)(c1ccc(C(=O)N(C2CCC(N3CCCC3)CC2)C2CC2)cc1)C(F)(F)F.C[C@](O)(c1ccc(C(=O)N(C2CCC(N3CCOCC3)CC2)C2CC2)cc1)C(F)(F)F. The topological polar surface area (TPSA) is 244 Å². The number of hydrogen-bond donors (Lipinski definition) is 5. The molecule has 5 amide bonds. The number of hydrogen-bond acceptors (Lipinski definition) is 15. The quantitative estimate of drug-likeness (QED) is 0.0353. The van der Waals surface area contributed by atoms with E-state index in [1.54, 1.807) is 17.3 Å². The van der Waals surface area contributed by atoms with Gasteiger partial charge in [-0.25, -0.2) is 0 Å². The highest BCUT2D eigenvalue weighted by Crippen LogP contribution is 2.49. The zero-order valence-electron chi connectivity index (χ0n) is 84.4. The molecule has 5 aromatic carbocycles. The third-order valence-corrected chi connectivity index (χ3v) is 32.2. The van der Waals surface area contributed by atoms with Gasteiger partial charge in [-0.1, -0.05) is 105 Å². The fourth-order valence-corrected chi connectivity index (χ4v) is 22.2. The molecular formula is C112H140F15N9O11. The van der Waals surface area contributed by atoms with Gasteiger partial charge in [0, 0.05) is 150 Å². The van der Waals surface area contributed by atoms with E-state index in [0.717, 1.165) is 245 Å². The van der Waals surface area contributed by atoms with Gasteiger partial charge in [0.25, 0.3) is 29.5 Å². The van der Waals surface area contributed by atoms with Gasteiger partial charge in [-0.2, -0.15) is 65.9 Å². The van der Waals surface area contributed by atoms with Crippen molar-refractivity contribution in [3.05, 3.63) is 237 Å². The summed E-state index contributed by atoms with van der Waals surface area (Å²) in [6.45, 7) is 12.0. The summed E-state index contributed by atoms with van der Waals surface area (Å²) in [6, 6.07) is 40.6. The summed E-state index contributed by atoms with van der Waals surface area (Å²) in [5.41, 5.74) is -12.1. The second-order valence-corrected chi connectivity index (χ2v) is 42.8. The van der Waals surface area contributed by atoms with Gasteiger partial charge < -0.3 is 59.7 Å². The monoisotopic (exact) mass is 2070 g/mol. The van der Waals surface area contributed by atoms with Gasteiger partial charge in [-0.15, -0.1) is 0 Å². The molecule has 0 unspecified atom stereocenters. The molecule has 0 radical (unpaired) electrons. The first-order valence-electron chi connectivity index (χ1n) is 52.4. The fraction of sp³-hybridized carbons (Fsp3) is 0.598. The van der Waals surface area contributed by atoms with E-state index in [1.807, 2.05) is 62.9 Å². The van der Waals surface area contributed by atoms with Crippen molar-refractivity contribution in [1.82, 2.24) is 44.3 Å². The number of likely N-dealkylation sites (tertiary alicyclic amines) is 1. The number of pyridine rings is 2. The average Bonchev–Trinajstić information content (AvgIpc) is 0.897. The normalized spacial score (nSPS) is 24.6. The van der Waals surface area contributed by atoms with E-state index in [1.165, 1.54) is 154 Å². The van der Waals surface area contributed by atoms with Crippen LogP contribution in [-0.4, -0.2) is 243 Å². The van der Waals surface area contributed by atoms with Crippen molar-refractivity contribution >= 4 is 29.5 Å². The Balaban J connectivity index is 0.000000146. The van der Waals surface area contributed by atoms with Gasteiger partial charge in [-0.3, -0.25) is 38.8 Å². The standard InChI is InChI=1S/2C24H27F3N2O2.C23H31F3N2O3.C23H31F3N2O2.C18H24F3NO2/c2*1-23(31,24(25,26)27)18-10-8-16(9-11-18)22(30)29(19-12-13-19)20-6-4-5-17(15-20)21-7-2-3-14-28-21;1-22(30,23(24,25)26)17-4-2-16(3-5-17)21(29)28(20-10-11-20)19-8-6-18(7-9-19)27-12-14-31-15-13-27;1-22(30,23(24,25)26)17-6-4-16(5-7-17)21(29)28(20-12-13-20)19-10-8-18(9-11-19)27-14-2-3-15-27;1-3-22(15-7-5-4-6-8-15)16(23)13-9-11-14(12-10-13)17(2,24)18(19,20)21/h2*2-3,7-11,14,17,19-20,31H,4-6,12-13,15H2,1H3;2-5,18-20,30H,6-15H2,1H3;4-7,18-20,30H,2-3,8-15H2,1H3;9-12,15,24H,3-8H2,1-2H3/t17-,20-,23+;17-,20-,23-;2*18?,19?,22-;17-/m10001/s1. The van der Waals surface area contributed by atoms with Crippen LogP contribution in [0.2, 0.25) is 0 Å². The lowest BCUT2D eigenvalue weighted by atomic mass is 9.82. The highest BCUT2D eigenvalue weighted by Gasteiger charge is 2.57. The first-order chi connectivity index (χ1) is 69.4. The van der Waals surface area contributed by atoms with Crippen LogP contribution in [0.1, 0.15) is 343 Å². The van der Waals surface area contributed by atoms with Crippen LogP contribution < -0.4 is 0 Å². The highest BCUT2D eigenvalue weighted by molar-refractivity contribution is 5.97. The first-order valence-corrected chi connectivity index (χ1v) is 52.4. The fourth-order valence-electron chi connectivity index (χ4n) is 22.2. The van der Waals surface area contributed by atoms with Gasteiger partial charge in [0.1, 0.15) is 0 Å². The van der Waals surface area contributed by atoms with Crippen molar-refractivity contribution in [2.24, 2.45) is 0 Å². The Kier molecular flexibility index (Phi) is 36.2. The Morgan fingerprint density at radius 3 is 0.782 bits per heavy atom. The number of benzene rings is 5. The molecule has 804 valence electrons. The molecule has 0 bridgehead atoms. The Labute approximate surface area is 850 Å². The predicted octanol–water partition coefficient (Wildman–Crippen LogP) is 22.8. The summed E-state index contributed by atoms with van der Waals surface area (Å²) in [4.78, 5) is 89.7. The molecule has 4 heterocycles. The smallest absolute Gasteiger partial charge is 0.379 e. The minimum absolute atomic E-state index is 0.0960. The number of rotatable bonds is 24. The molecule has 11 aliphatic rings. The van der Waals surface area contributed by atoms with Gasteiger partial charge in [-0.05, 0) is 334 Å². The lowest BCUT2D eigenvalue weighted by molar-refractivity contribution is -0.259. The number of halogens is 15. The number of morpholine rings is 1. The highest BCUT2D eigenvalue weighted by atomic mass is 19.4. The summed E-state index contributed by atoms with van der Waals surface area (Å²) < 4.78 is 201. The van der Waals surface area contributed by atoms with Crippen LogP contribution in [0.25, 0.3) is 0 Å². The molecule has 0 spiro atoms. The van der Waals surface area contributed by atoms with E-state index < -0.39 is 58.9 Å². The molecule has 9 saturated carbocycles. The number of amides is 5. The van der Waals surface area contributed by atoms with Crippen LogP contribution in [0.15, 0.2) is 170 Å². The zero-order chi connectivity index (χ0) is 106. The van der Waals surface area contributed by atoms with E-state index in [9.17, 15) is 115 Å². The molecule has 20 nitrogen and oxygen atoms in total. The van der Waals surface area contributed by atoms with Gasteiger partial charge in [0.15, 0.2) is 28.0 Å². The molecule has 7 aromatic rings. The molecule has 5 N–H and O–H groups in total. The van der Waals surface area contributed by atoms with Crippen LogP contribution in [0, 0.1) is 0 Å². The van der Waals surface area contributed by atoms with Gasteiger partial charge in [0.2, 0.25) is 0 Å². The molecule has 9 aliphatic carbocycles. The molecule has 2 aliphatic heterocycles. The Morgan fingerprint density at radius 1 is 0.293 bits per heavy atom. The molecule has 35 heteroatoms. The summed E-state index contributed by atoms with van der Waals surface area (Å²) in [5.74, 6) is -0.0605. The number of nitrogens with zero attached hydrogens (tertiary/aromatic N) is 9.